The van der Waals surface area contributed by atoms with Crippen molar-refractivity contribution in [2.75, 3.05) is 0 Å². The molecule has 0 aliphatic heterocycles. The van der Waals surface area contributed by atoms with Gasteiger partial charge in [-0.15, -0.1) is 0 Å². The molecule has 4 heteroatoms. The molecule has 19 heavy (non-hydrogen) atoms. The lowest BCUT2D eigenvalue weighted by Crippen LogP contribution is -2.28. The van der Waals surface area contributed by atoms with E-state index in [1.54, 1.807) is 0 Å². The molecule has 1 fully saturated rings. The van der Waals surface area contributed by atoms with Crippen LogP contribution in [0.2, 0.25) is 0 Å². The van der Waals surface area contributed by atoms with E-state index in [0.717, 1.165) is 21.9 Å². The summed E-state index contributed by atoms with van der Waals surface area (Å²) < 4.78 is 6.33. The van der Waals surface area contributed by atoms with Gasteiger partial charge in [0.1, 0.15) is 11.8 Å². The standard InChI is InChI=1S/C15H17BrN2O/c16-14-8-7-13(19-14)15(18-17)12-6-2-5-11(9-12)10-3-1-4-10/h2,5-10,15,18H,1,3-4,17H2. The molecule has 0 bridgehead atoms. The molecular weight excluding hydrogens is 304 g/mol. The number of halogens is 1. The lowest BCUT2D eigenvalue weighted by molar-refractivity contribution is 0.417. The fraction of sp³-hybridized carbons (Fsp3) is 0.333. The second-order valence-corrected chi connectivity index (χ2v) is 5.82. The Hall–Kier alpha value is -1.10. The topological polar surface area (TPSA) is 51.2 Å². The monoisotopic (exact) mass is 320 g/mol. The fourth-order valence-electron chi connectivity index (χ4n) is 2.56. The van der Waals surface area contributed by atoms with Gasteiger partial charge in [-0.05, 0) is 57.9 Å². The van der Waals surface area contributed by atoms with Gasteiger partial charge in [0.2, 0.25) is 0 Å². The van der Waals surface area contributed by atoms with Gasteiger partial charge in [0.05, 0.1) is 0 Å². The van der Waals surface area contributed by atoms with Gasteiger partial charge in [-0.2, -0.15) is 0 Å². The highest BCUT2D eigenvalue weighted by Gasteiger charge is 2.22. The Morgan fingerprint density at radius 2 is 2.11 bits per heavy atom. The molecule has 3 N–H and O–H groups in total. The van der Waals surface area contributed by atoms with Crippen molar-refractivity contribution in [2.45, 2.75) is 31.2 Å². The molecule has 2 aromatic rings. The number of hydrogen-bond acceptors (Lipinski definition) is 3. The average molecular weight is 321 g/mol. The van der Waals surface area contributed by atoms with E-state index in [-0.39, 0.29) is 6.04 Å². The van der Waals surface area contributed by atoms with Crippen LogP contribution in [0, 0.1) is 0 Å². The number of furan rings is 1. The van der Waals surface area contributed by atoms with Crippen molar-refractivity contribution in [3.63, 3.8) is 0 Å². The molecule has 3 nitrogen and oxygen atoms in total. The van der Waals surface area contributed by atoms with E-state index in [0.29, 0.717) is 0 Å². The SMILES string of the molecule is NNC(c1cccc(C2CCC2)c1)c1ccc(Br)o1. The van der Waals surface area contributed by atoms with Crippen LogP contribution in [0.25, 0.3) is 0 Å². The van der Waals surface area contributed by atoms with Gasteiger partial charge >= 0.3 is 0 Å². The van der Waals surface area contributed by atoms with Gasteiger partial charge in [0, 0.05) is 0 Å². The second-order valence-electron chi connectivity index (χ2n) is 5.04. The van der Waals surface area contributed by atoms with Crippen LogP contribution in [0.15, 0.2) is 45.5 Å². The maximum Gasteiger partial charge on any atom is 0.169 e. The molecule has 3 rings (SSSR count). The lowest BCUT2D eigenvalue weighted by atomic mass is 9.79. The second kappa shape index (κ2) is 5.49. The Kier molecular flexibility index (Phi) is 3.73. The first-order valence-corrected chi connectivity index (χ1v) is 7.38. The van der Waals surface area contributed by atoms with E-state index < -0.39 is 0 Å². The Balaban J connectivity index is 1.90. The van der Waals surface area contributed by atoms with Gasteiger partial charge in [-0.3, -0.25) is 5.84 Å². The van der Waals surface area contributed by atoms with Crippen molar-refractivity contribution >= 4 is 15.9 Å². The lowest BCUT2D eigenvalue weighted by Gasteiger charge is -2.26. The minimum absolute atomic E-state index is 0.105. The predicted molar refractivity (Wildman–Crippen MR) is 78.6 cm³/mol. The van der Waals surface area contributed by atoms with E-state index >= 15 is 0 Å². The summed E-state index contributed by atoms with van der Waals surface area (Å²) in [7, 11) is 0. The molecule has 0 spiro atoms. The van der Waals surface area contributed by atoms with Crippen LogP contribution in [0.5, 0.6) is 0 Å². The number of nitrogens with one attached hydrogen (secondary N) is 1. The molecule has 1 aliphatic carbocycles. The molecule has 1 atom stereocenters. The summed E-state index contributed by atoms with van der Waals surface area (Å²) in [6.07, 6.45) is 3.95. The maximum absolute atomic E-state index is 5.69. The minimum atomic E-state index is -0.105. The number of hydrogen-bond donors (Lipinski definition) is 2. The molecule has 1 aromatic heterocycles. The fourth-order valence-corrected chi connectivity index (χ4v) is 2.88. The van der Waals surface area contributed by atoms with Crippen LogP contribution in [-0.4, -0.2) is 0 Å². The van der Waals surface area contributed by atoms with Crippen LogP contribution >= 0.6 is 15.9 Å². The summed E-state index contributed by atoms with van der Waals surface area (Å²) in [5, 5.41) is 0. The number of rotatable bonds is 4. The summed E-state index contributed by atoms with van der Waals surface area (Å²) in [5.41, 5.74) is 5.39. The molecular formula is C15H17BrN2O. The van der Waals surface area contributed by atoms with Crippen LogP contribution in [-0.2, 0) is 0 Å². The normalized spacial score (nSPS) is 17.2. The zero-order valence-corrected chi connectivity index (χ0v) is 12.2. The maximum atomic E-state index is 5.69. The Morgan fingerprint density at radius 3 is 2.68 bits per heavy atom. The van der Waals surface area contributed by atoms with Crippen molar-refractivity contribution in [3.05, 3.63) is 58.0 Å². The van der Waals surface area contributed by atoms with Crippen molar-refractivity contribution in [2.24, 2.45) is 5.84 Å². The van der Waals surface area contributed by atoms with Crippen LogP contribution in [0.1, 0.15) is 48.1 Å². The minimum Gasteiger partial charge on any atom is -0.452 e. The average Bonchev–Trinajstić information content (AvgIpc) is 2.75. The molecule has 0 amide bonds. The van der Waals surface area contributed by atoms with Gasteiger partial charge < -0.3 is 4.42 Å². The van der Waals surface area contributed by atoms with Gasteiger partial charge in [0.25, 0.3) is 0 Å². The van der Waals surface area contributed by atoms with Gasteiger partial charge in [-0.25, -0.2) is 5.43 Å². The third kappa shape index (κ3) is 2.61. The number of nitrogens with two attached hydrogens (primary N) is 1. The van der Waals surface area contributed by atoms with Crippen LogP contribution in [0.4, 0.5) is 0 Å². The highest BCUT2D eigenvalue weighted by molar-refractivity contribution is 9.10. The van der Waals surface area contributed by atoms with E-state index in [2.05, 4.69) is 45.6 Å². The van der Waals surface area contributed by atoms with Crippen LogP contribution in [0.3, 0.4) is 0 Å². The van der Waals surface area contributed by atoms with Crippen molar-refractivity contribution in [1.29, 1.82) is 0 Å². The summed E-state index contributed by atoms with van der Waals surface area (Å²) in [4.78, 5) is 0. The third-order valence-corrected chi connectivity index (χ3v) is 4.29. The summed E-state index contributed by atoms with van der Waals surface area (Å²) >= 11 is 3.32. The zero-order valence-electron chi connectivity index (χ0n) is 10.6. The van der Waals surface area contributed by atoms with E-state index in [1.807, 2.05) is 12.1 Å². The first kappa shape index (κ1) is 12.9. The Labute approximate surface area is 121 Å². The predicted octanol–water partition coefficient (Wildman–Crippen LogP) is 3.86. The summed E-state index contributed by atoms with van der Waals surface area (Å²) in [6, 6.07) is 12.4. The van der Waals surface area contributed by atoms with Crippen LogP contribution < -0.4 is 11.3 Å². The Bertz CT molecular complexity index is 563. The molecule has 0 radical (unpaired) electrons. The summed E-state index contributed by atoms with van der Waals surface area (Å²) in [6.45, 7) is 0. The van der Waals surface area contributed by atoms with Gasteiger partial charge in [0.15, 0.2) is 4.67 Å². The first-order valence-electron chi connectivity index (χ1n) is 6.59. The van der Waals surface area contributed by atoms with Crippen molar-refractivity contribution < 1.29 is 4.42 Å². The van der Waals surface area contributed by atoms with Gasteiger partial charge in [-0.1, -0.05) is 30.7 Å². The first-order chi connectivity index (χ1) is 9.28. The molecule has 1 unspecified atom stereocenters. The smallest absolute Gasteiger partial charge is 0.169 e. The van der Waals surface area contributed by atoms with Crippen molar-refractivity contribution in [1.82, 2.24) is 5.43 Å². The zero-order chi connectivity index (χ0) is 13.2. The highest BCUT2D eigenvalue weighted by atomic mass is 79.9. The molecule has 1 aliphatic rings. The van der Waals surface area contributed by atoms with E-state index in [4.69, 9.17) is 10.3 Å². The number of benzene rings is 1. The van der Waals surface area contributed by atoms with E-state index in [9.17, 15) is 0 Å². The van der Waals surface area contributed by atoms with Crippen molar-refractivity contribution in [3.8, 4) is 0 Å². The van der Waals surface area contributed by atoms with E-state index in [1.165, 1.54) is 24.8 Å². The Morgan fingerprint density at radius 1 is 1.26 bits per heavy atom. The number of hydrazine groups is 1. The molecule has 1 saturated carbocycles. The molecule has 0 saturated heterocycles. The highest BCUT2D eigenvalue weighted by Crippen LogP contribution is 2.37. The largest absolute Gasteiger partial charge is 0.452 e. The molecule has 1 heterocycles. The summed E-state index contributed by atoms with van der Waals surface area (Å²) in [5.74, 6) is 7.24. The molecule has 1 aromatic carbocycles. The molecule has 100 valence electrons. The quantitative estimate of drug-likeness (QED) is 0.664. The third-order valence-electron chi connectivity index (χ3n) is 3.87.